The van der Waals surface area contributed by atoms with Crippen molar-refractivity contribution in [3.63, 3.8) is 0 Å². The molecule has 1 aliphatic rings. The van der Waals surface area contributed by atoms with Gasteiger partial charge in [-0.3, -0.25) is 24.0 Å². The minimum absolute atomic E-state index is 0.0354. The molecule has 9 nitrogen and oxygen atoms in total. The number of carbonyl (C=O) groups excluding carboxylic acids is 1. The molecule has 4 rings (SSSR count). The lowest BCUT2D eigenvalue weighted by Gasteiger charge is -2.24. The van der Waals surface area contributed by atoms with Gasteiger partial charge in [0, 0.05) is 24.3 Å². The molecule has 0 atom stereocenters. The number of anilines is 2. The summed E-state index contributed by atoms with van der Waals surface area (Å²) < 4.78 is 16.5. The molecule has 0 spiro atoms. The second-order valence-electron chi connectivity index (χ2n) is 9.32. The van der Waals surface area contributed by atoms with Gasteiger partial charge in [-0.05, 0) is 55.9 Å². The number of nitrogen functional groups attached to an aromatic ring is 1. The lowest BCUT2D eigenvalue weighted by molar-refractivity contribution is 0.0980. The van der Waals surface area contributed by atoms with Crippen molar-refractivity contribution in [2.24, 2.45) is 5.92 Å². The lowest BCUT2D eigenvalue weighted by Crippen LogP contribution is -2.42. The number of unbranched alkanes of at least 4 members (excludes halogenated alkanes) is 1. The number of nitrogens with two attached hydrogens (primary N) is 1. The zero-order valence-corrected chi connectivity index (χ0v) is 20.3. The summed E-state index contributed by atoms with van der Waals surface area (Å²) in [5.74, 6) is -0.732. The van der Waals surface area contributed by atoms with E-state index in [2.05, 4.69) is 10.1 Å². The number of nitrogens with zero attached hydrogens (tertiary/aromatic N) is 4. The number of aromatic amines is 1. The summed E-state index contributed by atoms with van der Waals surface area (Å²) >= 11 is 0. The normalized spacial score (nSPS) is 12.8. The van der Waals surface area contributed by atoms with Crippen molar-refractivity contribution >= 4 is 17.4 Å². The van der Waals surface area contributed by atoms with E-state index in [9.17, 15) is 18.8 Å². The molecule has 1 aromatic carbocycles. The van der Waals surface area contributed by atoms with Crippen LogP contribution in [0.5, 0.6) is 0 Å². The molecular weight excluding hydrogens is 451 g/mol. The fraction of sp³-hybridized carbons (Fsp3) is 0.440. The van der Waals surface area contributed by atoms with E-state index >= 15 is 0 Å². The second-order valence-corrected chi connectivity index (χ2v) is 9.32. The Morgan fingerprint density at radius 2 is 1.94 bits per heavy atom. The zero-order valence-electron chi connectivity index (χ0n) is 20.3. The summed E-state index contributed by atoms with van der Waals surface area (Å²) in [5, 5.41) is 4.62. The molecule has 1 amide bonds. The predicted molar refractivity (Wildman–Crippen MR) is 133 cm³/mol. The van der Waals surface area contributed by atoms with Crippen LogP contribution in [0.25, 0.3) is 5.69 Å². The molecule has 0 aliphatic heterocycles. The van der Waals surface area contributed by atoms with Crippen LogP contribution in [-0.4, -0.2) is 31.8 Å². The molecule has 0 radical (unpaired) electrons. The maximum atomic E-state index is 13.9. The van der Waals surface area contributed by atoms with Crippen LogP contribution in [0.1, 0.15) is 61.8 Å². The van der Waals surface area contributed by atoms with Crippen LogP contribution in [0.3, 0.4) is 0 Å². The number of fused-ring (bicyclic) bond motifs is 1. The molecule has 0 unspecified atom stereocenters. The van der Waals surface area contributed by atoms with Crippen LogP contribution < -0.4 is 21.9 Å². The van der Waals surface area contributed by atoms with Crippen LogP contribution in [0.4, 0.5) is 15.9 Å². The van der Waals surface area contributed by atoms with Gasteiger partial charge in [0.25, 0.3) is 11.5 Å². The number of rotatable bonds is 8. The number of carbonyl (C=O) groups is 1. The van der Waals surface area contributed by atoms with Gasteiger partial charge in [-0.1, -0.05) is 27.2 Å². The number of hydrogen-bond donors (Lipinski definition) is 2. The molecule has 1 aliphatic carbocycles. The van der Waals surface area contributed by atoms with E-state index in [1.54, 1.807) is 16.8 Å². The summed E-state index contributed by atoms with van der Waals surface area (Å²) in [6, 6.07) is 5.94. The number of hydrogen-bond acceptors (Lipinski definition) is 5. The van der Waals surface area contributed by atoms with Crippen molar-refractivity contribution < 1.29 is 9.18 Å². The van der Waals surface area contributed by atoms with Gasteiger partial charge in [0.05, 0.1) is 5.69 Å². The van der Waals surface area contributed by atoms with Gasteiger partial charge in [0.15, 0.2) is 11.4 Å². The van der Waals surface area contributed by atoms with Crippen molar-refractivity contribution in [3.05, 3.63) is 67.9 Å². The average Bonchev–Trinajstić information content (AvgIpc) is 3.42. The Labute approximate surface area is 202 Å². The van der Waals surface area contributed by atoms with Gasteiger partial charge in [0.2, 0.25) is 0 Å². The van der Waals surface area contributed by atoms with Gasteiger partial charge in [-0.15, -0.1) is 0 Å². The van der Waals surface area contributed by atoms with Crippen LogP contribution >= 0.6 is 0 Å². The third kappa shape index (κ3) is 4.65. The third-order valence-electron chi connectivity index (χ3n) is 6.22. The Morgan fingerprint density at radius 1 is 1.23 bits per heavy atom. The molecule has 2 heterocycles. The summed E-state index contributed by atoms with van der Waals surface area (Å²) in [6.45, 7) is 6.40. The number of aromatic nitrogens is 4. The average molecular weight is 483 g/mol. The van der Waals surface area contributed by atoms with E-state index in [1.807, 2.05) is 20.8 Å². The number of H-pyrrole nitrogens is 1. The van der Waals surface area contributed by atoms with Crippen LogP contribution in [-0.2, 0) is 19.4 Å². The first kappa shape index (κ1) is 24.4. The largest absolute Gasteiger partial charge is 0.383 e. The quantitative estimate of drug-likeness (QED) is 0.512. The minimum Gasteiger partial charge on any atom is -0.383 e. The summed E-state index contributed by atoms with van der Waals surface area (Å²) in [7, 11) is 0. The van der Waals surface area contributed by atoms with E-state index in [4.69, 9.17) is 5.73 Å². The molecule has 186 valence electrons. The van der Waals surface area contributed by atoms with Crippen molar-refractivity contribution in [3.8, 4) is 5.69 Å². The SMILES string of the molecule is CCCCN(C(=O)c1nn(-c2ccc(F)cc2)c2c1CCC2)c1c(N)n(CC(C)C)c(=O)[nH]c1=O. The summed E-state index contributed by atoms with van der Waals surface area (Å²) in [4.78, 5) is 43.0. The first-order valence-electron chi connectivity index (χ1n) is 12.0. The highest BCUT2D eigenvalue weighted by molar-refractivity contribution is 6.07. The molecule has 0 saturated carbocycles. The maximum Gasteiger partial charge on any atom is 0.330 e. The number of amides is 1. The highest BCUT2D eigenvalue weighted by Gasteiger charge is 2.32. The fourth-order valence-corrected chi connectivity index (χ4v) is 4.55. The van der Waals surface area contributed by atoms with Gasteiger partial charge < -0.3 is 5.73 Å². The van der Waals surface area contributed by atoms with Crippen molar-refractivity contribution in [2.45, 2.75) is 59.4 Å². The zero-order chi connectivity index (χ0) is 25.3. The standard InChI is InChI=1S/C25H31FN6O3/c1-4-5-13-30(21-22(27)31(14-15(2)3)25(35)28-23(21)33)24(34)20-18-7-6-8-19(18)32(29-20)17-11-9-16(26)10-12-17/h9-12,15H,4-8,13-14,27H2,1-3H3,(H,28,33,35). The molecule has 0 fully saturated rings. The number of nitrogens with one attached hydrogen (secondary N) is 1. The molecule has 2 aromatic heterocycles. The second kappa shape index (κ2) is 9.89. The Balaban J connectivity index is 1.84. The van der Waals surface area contributed by atoms with Gasteiger partial charge in [-0.2, -0.15) is 5.10 Å². The molecule has 10 heteroatoms. The van der Waals surface area contributed by atoms with Crippen molar-refractivity contribution in [1.82, 2.24) is 19.3 Å². The highest BCUT2D eigenvalue weighted by Crippen LogP contribution is 2.30. The van der Waals surface area contributed by atoms with Gasteiger partial charge in [0.1, 0.15) is 11.6 Å². The van der Waals surface area contributed by atoms with Gasteiger partial charge in [-0.25, -0.2) is 13.9 Å². The van der Waals surface area contributed by atoms with Crippen LogP contribution in [0, 0.1) is 11.7 Å². The molecule has 0 bridgehead atoms. The van der Waals surface area contributed by atoms with E-state index < -0.39 is 17.2 Å². The topological polar surface area (TPSA) is 119 Å². The summed E-state index contributed by atoms with van der Waals surface area (Å²) in [6.07, 6.45) is 3.71. The molecule has 3 N–H and O–H groups in total. The predicted octanol–water partition coefficient (Wildman–Crippen LogP) is 3.04. The third-order valence-corrected chi connectivity index (χ3v) is 6.22. The van der Waals surface area contributed by atoms with E-state index in [1.165, 1.54) is 21.6 Å². The first-order chi connectivity index (χ1) is 16.7. The Hall–Kier alpha value is -3.69. The van der Waals surface area contributed by atoms with Crippen molar-refractivity contribution in [2.75, 3.05) is 17.2 Å². The highest BCUT2D eigenvalue weighted by atomic mass is 19.1. The summed E-state index contributed by atoms with van der Waals surface area (Å²) in [5.41, 5.74) is 7.63. The molecular formula is C25H31FN6O3. The smallest absolute Gasteiger partial charge is 0.330 e. The van der Waals surface area contributed by atoms with E-state index in [0.717, 1.165) is 30.5 Å². The van der Waals surface area contributed by atoms with Crippen molar-refractivity contribution in [1.29, 1.82) is 0 Å². The number of halogens is 1. The monoisotopic (exact) mass is 482 g/mol. The molecule has 35 heavy (non-hydrogen) atoms. The molecule has 0 saturated heterocycles. The van der Waals surface area contributed by atoms with E-state index in [0.29, 0.717) is 25.1 Å². The van der Waals surface area contributed by atoms with Gasteiger partial charge >= 0.3 is 5.69 Å². The Kier molecular flexibility index (Phi) is 6.90. The Bertz CT molecular complexity index is 1350. The Morgan fingerprint density at radius 3 is 2.60 bits per heavy atom. The van der Waals surface area contributed by atoms with Crippen LogP contribution in [0.2, 0.25) is 0 Å². The van der Waals surface area contributed by atoms with E-state index in [-0.39, 0.29) is 35.5 Å². The fourth-order valence-electron chi connectivity index (χ4n) is 4.55. The number of benzene rings is 1. The van der Waals surface area contributed by atoms with Crippen LogP contribution in [0.15, 0.2) is 33.9 Å². The lowest BCUT2D eigenvalue weighted by atomic mass is 10.1. The maximum absolute atomic E-state index is 13.9. The first-order valence-corrected chi connectivity index (χ1v) is 12.0. The molecule has 3 aromatic rings. The minimum atomic E-state index is -0.702.